The number of aryl methyl sites for hydroxylation is 1. The summed E-state index contributed by atoms with van der Waals surface area (Å²) in [6, 6.07) is 9.81. The molecule has 10 heteroatoms. The maximum Gasteiger partial charge on any atom is 0.246 e. The summed E-state index contributed by atoms with van der Waals surface area (Å²) in [5.74, 6) is 0.502. The molecule has 1 aliphatic heterocycles. The number of thiophene rings is 1. The molecule has 2 aromatic heterocycles. The molecule has 3 aromatic rings. The molecule has 0 unspecified atom stereocenters. The predicted molar refractivity (Wildman–Crippen MR) is 130 cm³/mol. The predicted octanol–water partition coefficient (Wildman–Crippen LogP) is 2.81. The Labute approximate surface area is 200 Å². The van der Waals surface area contributed by atoms with Crippen LogP contribution in [-0.4, -0.2) is 65.4 Å². The van der Waals surface area contributed by atoms with Crippen molar-refractivity contribution in [2.75, 3.05) is 43.6 Å². The molecule has 33 heavy (non-hydrogen) atoms. The second-order valence-corrected chi connectivity index (χ2v) is 9.78. The van der Waals surface area contributed by atoms with E-state index in [1.54, 1.807) is 6.07 Å². The van der Waals surface area contributed by atoms with Gasteiger partial charge in [-0.05, 0) is 43.7 Å². The SMILES string of the molecule is Cc1nc(SCC(=O)c2ccc(CNC(=O)CO)s2)c2cc(N3CCCOCC3)ccc2n1. The molecule has 1 aliphatic rings. The fourth-order valence-corrected chi connectivity index (χ4v) is 5.50. The number of hydrogen-bond acceptors (Lipinski definition) is 9. The average molecular weight is 487 g/mol. The molecule has 8 nitrogen and oxygen atoms in total. The molecule has 0 spiro atoms. The van der Waals surface area contributed by atoms with Crippen LogP contribution in [0.3, 0.4) is 0 Å². The summed E-state index contributed by atoms with van der Waals surface area (Å²) in [5, 5.41) is 13.1. The van der Waals surface area contributed by atoms with Gasteiger partial charge in [-0.25, -0.2) is 9.97 Å². The summed E-state index contributed by atoms with van der Waals surface area (Å²) in [5.41, 5.74) is 1.98. The first kappa shape index (κ1) is 23.6. The Morgan fingerprint density at radius 1 is 1.21 bits per heavy atom. The molecule has 0 saturated carbocycles. The largest absolute Gasteiger partial charge is 0.387 e. The summed E-state index contributed by atoms with van der Waals surface area (Å²) < 4.78 is 5.58. The van der Waals surface area contributed by atoms with Gasteiger partial charge in [0.2, 0.25) is 5.91 Å². The van der Waals surface area contributed by atoms with E-state index in [1.165, 1.54) is 23.1 Å². The van der Waals surface area contributed by atoms with Gasteiger partial charge in [0, 0.05) is 35.6 Å². The first-order valence-corrected chi connectivity index (χ1v) is 12.6. The van der Waals surface area contributed by atoms with E-state index >= 15 is 0 Å². The van der Waals surface area contributed by atoms with Gasteiger partial charge in [0.15, 0.2) is 5.78 Å². The first-order valence-electron chi connectivity index (χ1n) is 10.8. The van der Waals surface area contributed by atoms with Gasteiger partial charge in [-0.15, -0.1) is 11.3 Å². The zero-order valence-corrected chi connectivity index (χ0v) is 20.0. The van der Waals surface area contributed by atoms with Crippen molar-refractivity contribution < 1.29 is 19.4 Å². The van der Waals surface area contributed by atoms with Gasteiger partial charge in [-0.2, -0.15) is 0 Å². The Kier molecular flexibility index (Phi) is 7.92. The van der Waals surface area contributed by atoms with Crippen LogP contribution in [0.4, 0.5) is 5.69 Å². The highest BCUT2D eigenvalue weighted by molar-refractivity contribution is 8.00. The van der Waals surface area contributed by atoms with Crippen LogP contribution in [0.5, 0.6) is 0 Å². The van der Waals surface area contributed by atoms with E-state index < -0.39 is 12.5 Å². The quantitative estimate of drug-likeness (QED) is 0.285. The van der Waals surface area contributed by atoms with Crippen LogP contribution < -0.4 is 10.2 Å². The molecular weight excluding hydrogens is 460 g/mol. The summed E-state index contributed by atoms with van der Waals surface area (Å²) in [6.45, 7) is 4.89. The number of aliphatic hydroxyl groups excluding tert-OH is 1. The number of carbonyl (C=O) groups is 2. The van der Waals surface area contributed by atoms with Crippen molar-refractivity contribution in [3.8, 4) is 0 Å². The third-order valence-electron chi connectivity index (χ3n) is 5.22. The van der Waals surface area contributed by atoms with E-state index in [0.717, 1.165) is 52.6 Å². The molecular formula is C23H26N4O4S2. The highest BCUT2D eigenvalue weighted by atomic mass is 32.2. The molecule has 4 rings (SSSR count). The number of anilines is 1. The number of thioether (sulfide) groups is 1. The molecule has 2 N–H and O–H groups in total. The Hall–Kier alpha value is -2.53. The average Bonchev–Trinajstić information content (AvgIpc) is 3.14. The highest BCUT2D eigenvalue weighted by Crippen LogP contribution is 2.30. The number of amides is 1. The van der Waals surface area contributed by atoms with E-state index in [2.05, 4.69) is 32.3 Å². The number of aromatic nitrogens is 2. The Morgan fingerprint density at radius 3 is 2.94 bits per heavy atom. The van der Waals surface area contributed by atoms with Gasteiger partial charge in [-0.1, -0.05) is 11.8 Å². The lowest BCUT2D eigenvalue weighted by molar-refractivity contribution is -0.123. The Balaban J connectivity index is 1.48. The van der Waals surface area contributed by atoms with Gasteiger partial charge >= 0.3 is 0 Å². The molecule has 3 heterocycles. The molecule has 1 amide bonds. The van der Waals surface area contributed by atoms with Crippen molar-refractivity contribution in [2.24, 2.45) is 0 Å². The van der Waals surface area contributed by atoms with E-state index in [0.29, 0.717) is 23.9 Å². The lowest BCUT2D eigenvalue weighted by Crippen LogP contribution is -2.25. The van der Waals surface area contributed by atoms with E-state index in [1.807, 2.05) is 19.1 Å². The maximum atomic E-state index is 12.8. The minimum atomic E-state index is -0.548. The summed E-state index contributed by atoms with van der Waals surface area (Å²) in [7, 11) is 0. The Bertz CT molecular complexity index is 1140. The van der Waals surface area contributed by atoms with E-state index in [9.17, 15) is 9.59 Å². The fraction of sp³-hybridized carbons (Fsp3) is 0.391. The summed E-state index contributed by atoms with van der Waals surface area (Å²) >= 11 is 2.77. The van der Waals surface area contributed by atoms with Gasteiger partial charge < -0.3 is 20.1 Å². The number of rotatable bonds is 8. The number of ketones is 1. The minimum absolute atomic E-state index is 0.00923. The van der Waals surface area contributed by atoms with Crippen LogP contribution in [0.2, 0.25) is 0 Å². The summed E-state index contributed by atoms with van der Waals surface area (Å²) in [4.78, 5) is 37.0. The van der Waals surface area contributed by atoms with Gasteiger partial charge in [-0.3, -0.25) is 9.59 Å². The molecule has 0 bridgehead atoms. The molecule has 1 saturated heterocycles. The van der Waals surface area contributed by atoms with Crippen LogP contribution in [0.1, 0.15) is 26.8 Å². The molecule has 0 radical (unpaired) electrons. The van der Waals surface area contributed by atoms with E-state index in [-0.39, 0.29) is 11.5 Å². The lowest BCUT2D eigenvalue weighted by atomic mass is 10.2. The van der Waals surface area contributed by atoms with Gasteiger partial charge in [0.1, 0.15) is 17.5 Å². The topological polar surface area (TPSA) is 105 Å². The zero-order chi connectivity index (χ0) is 23.2. The van der Waals surface area contributed by atoms with Crippen molar-refractivity contribution in [1.82, 2.24) is 15.3 Å². The number of carbonyl (C=O) groups excluding carboxylic acids is 2. The van der Waals surface area contributed by atoms with Crippen molar-refractivity contribution in [1.29, 1.82) is 0 Å². The standard InChI is InChI=1S/C23H26N4O4S2/c1-15-25-19-5-3-16(27-7-2-9-31-10-8-27)11-18(19)23(26-15)32-14-20(29)21-6-4-17(33-21)12-24-22(30)13-28/h3-6,11,28H,2,7-10,12-14H2,1H3,(H,24,30). The zero-order valence-electron chi connectivity index (χ0n) is 18.4. The second-order valence-electron chi connectivity index (χ2n) is 7.64. The smallest absolute Gasteiger partial charge is 0.246 e. The second kappa shape index (κ2) is 11.1. The van der Waals surface area contributed by atoms with E-state index in [4.69, 9.17) is 9.84 Å². The molecule has 174 valence electrons. The van der Waals surface area contributed by atoms with Crippen molar-refractivity contribution in [2.45, 2.75) is 24.9 Å². The number of aliphatic hydroxyl groups is 1. The first-order chi connectivity index (χ1) is 16.0. The van der Waals surface area contributed by atoms with Crippen LogP contribution in [0.25, 0.3) is 10.9 Å². The van der Waals surface area contributed by atoms with Gasteiger partial charge in [0.05, 0.1) is 29.3 Å². The molecule has 0 aliphatic carbocycles. The molecule has 1 aromatic carbocycles. The number of ether oxygens (including phenoxy) is 1. The number of fused-ring (bicyclic) bond motifs is 1. The van der Waals surface area contributed by atoms with Crippen molar-refractivity contribution in [3.05, 3.63) is 45.9 Å². The third kappa shape index (κ3) is 6.08. The van der Waals surface area contributed by atoms with Crippen molar-refractivity contribution in [3.63, 3.8) is 0 Å². The molecule has 0 atom stereocenters. The van der Waals surface area contributed by atoms with Crippen molar-refractivity contribution >= 4 is 51.4 Å². The lowest BCUT2D eigenvalue weighted by Gasteiger charge is -2.22. The highest BCUT2D eigenvalue weighted by Gasteiger charge is 2.16. The minimum Gasteiger partial charge on any atom is -0.387 e. The van der Waals surface area contributed by atoms with Gasteiger partial charge in [0.25, 0.3) is 0 Å². The van der Waals surface area contributed by atoms with Crippen LogP contribution >= 0.6 is 23.1 Å². The molecule has 1 fully saturated rings. The Morgan fingerprint density at radius 2 is 2.09 bits per heavy atom. The number of nitrogens with one attached hydrogen (secondary N) is 1. The third-order valence-corrected chi connectivity index (χ3v) is 7.34. The number of nitrogens with zero attached hydrogens (tertiary/aromatic N) is 3. The van der Waals surface area contributed by atoms with Crippen LogP contribution in [-0.2, 0) is 16.1 Å². The monoisotopic (exact) mass is 486 g/mol. The maximum absolute atomic E-state index is 12.8. The van der Waals surface area contributed by atoms with Crippen LogP contribution in [0, 0.1) is 6.92 Å². The van der Waals surface area contributed by atoms with Crippen LogP contribution in [0.15, 0.2) is 35.4 Å². The number of hydrogen-bond donors (Lipinski definition) is 2. The number of benzene rings is 1. The normalized spacial score (nSPS) is 14.3. The number of Topliss-reactive ketones (excluding diaryl/α,β-unsaturated/α-hetero) is 1. The fourth-order valence-electron chi connectivity index (χ4n) is 3.58. The summed E-state index contributed by atoms with van der Waals surface area (Å²) in [6.07, 6.45) is 0.991.